The Balaban J connectivity index is 2.08. The number of nitrogens with one attached hydrogen (secondary N) is 1. The molecule has 0 aliphatic carbocycles. The van der Waals surface area contributed by atoms with Crippen LogP contribution in [0.1, 0.15) is 5.69 Å². The molecule has 5 heteroatoms. The molecule has 102 valence electrons. The van der Waals surface area contributed by atoms with E-state index >= 15 is 0 Å². The van der Waals surface area contributed by atoms with Crippen LogP contribution >= 0.6 is 23.2 Å². The highest BCUT2D eigenvalue weighted by molar-refractivity contribution is 6.31. The largest absolute Gasteiger partial charge is 0.457 e. The number of ether oxygens (including phenoxy) is 1. The number of aliphatic hydroxyl groups is 1. The maximum Gasteiger partial charge on any atom is 0.138 e. The smallest absolute Gasteiger partial charge is 0.138 e. The van der Waals surface area contributed by atoms with Crippen LogP contribution in [0.4, 0.5) is 0 Å². The molecule has 2 N–H and O–H groups in total. The molecule has 0 atom stereocenters. The van der Waals surface area contributed by atoms with Crippen LogP contribution in [0.3, 0.4) is 0 Å². The van der Waals surface area contributed by atoms with Gasteiger partial charge in [0.15, 0.2) is 0 Å². The molecule has 3 rings (SSSR count). The van der Waals surface area contributed by atoms with E-state index in [4.69, 9.17) is 27.9 Å². The second-order valence-corrected chi connectivity index (χ2v) is 5.25. The van der Waals surface area contributed by atoms with E-state index in [2.05, 4.69) is 4.98 Å². The molecule has 0 spiro atoms. The van der Waals surface area contributed by atoms with E-state index in [-0.39, 0.29) is 6.61 Å². The fourth-order valence-electron chi connectivity index (χ4n) is 2.06. The third kappa shape index (κ3) is 2.61. The zero-order chi connectivity index (χ0) is 14.1. The molecule has 20 heavy (non-hydrogen) atoms. The van der Waals surface area contributed by atoms with Gasteiger partial charge in [-0.25, -0.2) is 0 Å². The Morgan fingerprint density at radius 3 is 2.65 bits per heavy atom. The summed E-state index contributed by atoms with van der Waals surface area (Å²) in [6.07, 6.45) is 0. The van der Waals surface area contributed by atoms with Gasteiger partial charge in [-0.3, -0.25) is 0 Å². The third-order valence-electron chi connectivity index (χ3n) is 2.91. The molecule has 1 heterocycles. The van der Waals surface area contributed by atoms with Crippen LogP contribution in [0.25, 0.3) is 10.9 Å². The number of aromatic amines is 1. The van der Waals surface area contributed by atoms with Gasteiger partial charge in [-0.15, -0.1) is 0 Å². The first-order chi connectivity index (χ1) is 9.65. The van der Waals surface area contributed by atoms with Crippen molar-refractivity contribution in [3.8, 4) is 11.5 Å². The highest BCUT2D eigenvalue weighted by Crippen LogP contribution is 2.34. The van der Waals surface area contributed by atoms with Gasteiger partial charge in [0, 0.05) is 27.2 Å². The highest BCUT2D eigenvalue weighted by atomic mass is 35.5. The molecular formula is C15H11Cl2NO2. The summed E-state index contributed by atoms with van der Waals surface area (Å²) in [5.74, 6) is 1.25. The summed E-state index contributed by atoms with van der Waals surface area (Å²) in [5.41, 5.74) is 1.52. The van der Waals surface area contributed by atoms with Gasteiger partial charge < -0.3 is 14.8 Å². The minimum Gasteiger partial charge on any atom is -0.457 e. The standard InChI is InChI=1S/C15H11Cl2NO2/c16-9-2-1-3-12(4-9)20-15-6-10(17)5-14-13(15)7-11(8-19)18-14/h1-7,18-19H,8H2. The first-order valence-corrected chi connectivity index (χ1v) is 6.77. The Labute approximate surface area is 125 Å². The molecule has 3 nitrogen and oxygen atoms in total. The Hall–Kier alpha value is -1.68. The lowest BCUT2D eigenvalue weighted by atomic mass is 10.2. The Bertz CT molecular complexity index is 768. The van der Waals surface area contributed by atoms with Crippen molar-refractivity contribution >= 4 is 34.1 Å². The number of fused-ring (bicyclic) bond motifs is 1. The van der Waals surface area contributed by atoms with Crippen LogP contribution in [0.5, 0.6) is 11.5 Å². The van der Waals surface area contributed by atoms with E-state index in [0.717, 1.165) is 10.9 Å². The SMILES string of the molecule is OCc1cc2c(Oc3cccc(Cl)c3)cc(Cl)cc2[nH]1. The monoisotopic (exact) mass is 307 g/mol. The second kappa shape index (κ2) is 5.37. The Morgan fingerprint density at radius 1 is 1.05 bits per heavy atom. The van der Waals surface area contributed by atoms with E-state index in [0.29, 0.717) is 27.2 Å². The summed E-state index contributed by atoms with van der Waals surface area (Å²) in [4.78, 5) is 3.08. The van der Waals surface area contributed by atoms with E-state index in [1.54, 1.807) is 24.3 Å². The van der Waals surface area contributed by atoms with Crippen LogP contribution < -0.4 is 4.74 Å². The summed E-state index contributed by atoms with van der Waals surface area (Å²) in [6.45, 7) is -0.0666. The van der Waals surface area contributed by atoms with Crippen LogP contribution in [0, 0.1) is 0 Å². The summed E-state index contributed by atoms with van der Waals surface area (Å²) in [5, 5.41) is 11.2. The molecule has 0 saturated heterocycles. The molecule has 0 amide bonds. The van der Waals surface area contributed by atoms with Gasteiger partial charge in [-0.2, -0.15) is 0 Å². The van der Waals surface area contributed by atoms with E-state index in [1.807, 2.05) is 18.2 Å². The maximum absolute atomic E-state index is 9.20. The Kier molecular flexibility index (Phi) is 3.57. The van der Waals surface area contributed by atoms with Crippen molar-refractivity contribution in [3.63, 3.8) is 0 Å². The predicted octanol–water partition coefficient (Wildman–Crippen LogP) is 4.76. The van der Waals surface area contributed by atoms with Crippen LogP contribution in [0.15, 0.2) is 42.5 Å². The molecule has 2 aromatic carbocycles. The molecule has 0 saturated carbocycles. The highest BCUT2D eigenvalue weighted by Gasteiger charge is 2.09. The van der Waals surface area contributed by atoms with Crippen molar-refractivity contribution in [3.05, 3.63) is 58.2 Å². The summed E-state index contributed by atoms with van der Waals surface area (Å²) < 4.78 is 5.84. The number of rotatable bonds is 3. The number of aromatic nitrogens is 1. The van der Waals surface area contributed by atoms with E-state index in [1.165, 1.54) is 0 Å². The molecule has 3 aromatic rings. The number of aliphatic hydroxyl groups excluding tert-OH is 1. The van der Waals surface area contributed by atoms with E-state index < -0.39 is 0 Å². The lowest BCUT2D eigenvalue weighted by Crippen LogP contribution is -1.85. The molecular weight excluding hydrogens is 297 g/mol. The average molecular weight is 308 g/mol. The van der Waals surface area contributed by atoms with Gasteiger partial charge in [0.05, 0.1) is 12.1 Å². The first-order valence-electron chi connectivity index (χ1n) is 6.01. The molecule has 0 bridgehead atoms. The number of hydrogen-bond donors (Lipinski definition) is 2. The van der Waals surface area contributed by atoms with Crippen molar-refractivity contribution < 1.29 is 9.84 Å². The number of H-pyrrole nitrogens is 1. The van der Waals surface area contributed by atoms with Crippen LogP contribution in [-0.2, 0) is 6.61 Å². The predicted molar refractivity (Wildman–Crippen MR) is 80.8 cm³/mol. The molecule has 0 radical (unpaired) electrons. The van der Waals surface area contributed by atoms with Crippen molar-refractivity contribution in [2.24, 2.45) is 0 Å². The van der Waals surface area contributed by atoms with Gasteiger partial charge in [-0.1, -0.05) is 29.3 Å². The molecule has 0 aliphatic rings. The van der Waals surface area contributed by atoms with Gasteiger partial charge >= 0.3 is 0 Å². The molecule has 0 fully saturated rings. The number of halogens is 2. The van der Waals surface area contributed by atoms with Crippen LogP contribution in [-0.4, -0.2) is 10.1 Å². The summed E-state index contributed by atoms with van der Waals surface area (Å²) >= 11 is 12.0. The van der Waals surface area contributed by atoms with Gasteiger partial charge in [-0.05, 0) is 30.3 Å². The van der Waals surface area contributed by atoms with Gasteiger partial charge in [0.1, 0.15) is 11.5 Å². The second-order valence-electron chi connectivity index (χ2n) is 4.38. The maximum atomic E-state index is 9.20. The summed E-state index contributed by atoms with van der Waals surface area (Å²) in [6, 6.07) is 12.5. The zero-order valence-corrected chi connectivity index (χ0v) is 11.9. The minimum atomic E-state index is -0.0666. The van der Waals surface area contributed by atoms with Crippen molar-refractivity contribution in [1.82, 2.24) is 4.98 Å². The third-order valence-corrected chi connectivity index (χ3v) is 3.37. The van der Waals surface area contributed by atoms with E-state index in [9.17, 15) is 5.11 Å². The van der Waals surface area contributed by atoms with Crippen molar-refractivity contribution in [2.75, 3.05) is 0 Å². The lowest BCUT2D eigenvalue weighted by molar-refractivity contribution is 0.278. The lowest BCUT2D eigenvalue weighted by Gasteiger charge is -2.08. The number of benzene rings is 2. The topological polar surface area (TPSA) is 45.2 Å². The van der Waals surface area contributed by atoms with Crippen molar-refractivity contribution in [2.45, 2.75) is 6.61 Å². The normalized spacial score (nSPS) is 10.9. The number of hydrogen-bond acceptors (Lipinski definition) is 2. The fraction of sp³-hybridized carbons (Fsp3) is 0.0667. The molecule has 1 aromatic heterocycles. The fourth-order valence-corrected chi connectivity index (χ4v) is 2.44. The average Bonchev–Trinajstić information content (AvgIpc) is 2.82. The quantitative estimate of drug-likeness (QED) is 0.733. The van der Waals surface area contributed by atoms with Gasteiger partial charge in [0.2, 0.25) is 0 Å². The minimum absolute atomic E-state index is 0.0666. The van der Waals surface area contributed by atoms with Gasteiger partial charge in [0.25, 0.3) is 0 Å². The first kappa shape index (κ1) is 13.3. The van der Waals surface area contributed by atoms with Crippen LogP contribution in [0.2, 0.25) is 10.0 Å². The molecule has 0 unspecified atom stereocenters. The Morgan fingerprint density at radius 2 is 1.90 bits per heavy atom. The van der Waals surface area contributed by atoms with Crippen molar-refractivity contribution in [1.29, 1.82) is 0 Å². The zero-order valence-electron chi connectivity index (χ0n) is 10.4. The summed E-state index contributed by atoms with van der Waals surface area (Å²) in [7, 11) is 0. The molecule has 0 aliphatic heterocycles.